The standard InChI is InChI=1S/C22H28N2O2/c1-5-18-8-10-19(11-9-18)12-13-22(26)24(4)15-21(25)23-20-14-16(2)6-7-17(20)3/h6-11,14H,5,12-13,15H2,1-4H3,(H,23,25). The van der Waals surface area contributed by atoms with Crippen LogP contribution >= 0.6 is 0 Å². The second-order valence-corrected chi connectivity index (χ2v) is 6.79. The van der Waals surface area contributed by atoms with E-state index in [1.165, 1.54) is 10.5 Å². The van der Waals surface area contributed by atoms with Gasteiger partial charge in [0.25, 0.3) is 0 Å². The van der Waals surface area contributed by atoms with E-state index in [9.17, 15) is 9.59 Å². The maximum absolute atomic E-state index is 12.3. The minimum atomic E-state index is -0.179. The summed E-state index contributed by atoms with van der Waals surface area (Å²) in [4.78, 5) is 26.0. The van der Waals surface area contributed by atoms with Gasteiger partial charge in [0.1, 0.15) is 0 Å². The number of likely N-dealkylation sites (N-methyl/N-ethyl adjacent to an activating group) is 1. The van der Waals surface area contributed by atoms with E-state index >= 15 is 0 Å². The lowest BCUT2D eigenvalue weighted by Crippen LogP contribution is -2.35. The van der Waals surface area contributed by atoms with E-state index in [1.54, 1.807) is 7.05 Å². The summed E-state index contributed by atoms with van der Waals surface area (Å²) in [5.41, 5.74) is 5.33. The van der Waals surface area contributed by atoms with Crippen molar-refractivity contribution in [2.24, 2.45) is 0 Å². The number of anilines is 1. The molecule has 0 saturated heterocycles. The van der Waals surface area contributed by atoms with E-state index in [-0.39, 0.29) is 18.4 Å². The average Bonchev–Trinajstić information content (AvgIpc) is 2.63. The van der Waals surface area contributed by atoms with Crippen molar-refractivity contribution in [2.45, 2.75) is 40.0 Å². The highest BCUT2D eigenvalue weighted by molar-refractivity contribution is 5.95. The van der Waals surface area contributed by atoms with Gasteiger partial charge in [-0.3, -0.25) is 9.59 Å². The van der Waals surface area contributed by atoms with Crippen molar-refractivity contribution in [3.05, 3.63) is 64.7 Å². The maximum Gasteiger partial charge on any atom is 0.243 e. The second kappa shape index (κ2) is 9.18. The SMILES string of the molecule is CCc1ccc(CCC(=O)N(C)CC(=O)Nc2cc(C)ccc2C)cc1. The van der Waals surface area contributed by atoms with E-state index in [4.69, 9.17) is 0 Å². The van der Waals surface area contributed by atoms with Crippen LogP contribution in [0.2, 0.25) is 0 Å². The Kier molecular flexibility index (Phi) is 6.96. The van der Waals surface area contributed by atoms with Crippen LogP contribution in [0.1, 0.15) is 35.6 Å². The van der Waals surface area contributed by atoms with Gasteiger partial charge >= 0.3 is 0 Å². The predicted octanol–water partition coefficient (Wildman–Crippen LogP) is 3.90. The maximum atomic E-state index is 12.3. The first-order valence-corrected chi connectivity index (χ1v) is 9.08. The number of nitrogens with zero attached hydrogens (tertiary/aromatic N) is 1. The van der Waals surface area contributed by atoms with Crippen molar-refractivity contribution in [3.63, 3.8) is 0 Å². The van der Waals surface area contributed by atoms with Crippen molar-refractivity contribution >= 4 is 17.5 Å². The molecule has 4 nitrogen and oxygen atoms in total. The smallest absolute Gasteiger partial charge is 0.243 e. The van der Waals surface area contributed by atoms with Gasteiger partial charge in [-0.2, -0.15) is 0 Å². The number of hydrogen-bond donors (Lipinski definition) is 1. The molecule has 0 atom stereocenters. The zero-order valence-corrected chi connectivity index (χ0v) is 16.1. The fourth-order valence-electron chi connectivity index (χ4n) is 2.75. The summed E-state index contributed by atoms with van der Waals surface area (Å²) >= 11 is 0. The fourth-order valence-corrected chi connectivity index (χ4v) is 2.75. The zero-order chi connectivity index (χ0) is 19.1. The molecule has 0 aliphatic carbocycles. The van der Waals surface area contributed by atoms with Crippen molar-refractivity contribution in [1.29, 1.82) is 0 Å². The molecular formula is C22H28N2O2. The highest BCUT2D eigenvalue weighted by Gasteiger charge is 2.14. The van der Waals surface area contributed by atoms with Crippen LogP contribution in [0.3, 0.4) is 0 Å². The summed E-state index contributed by atoms with van der Waals surface area (Å²) in [5, 5.41) is 2.89. The molecule has 2 aromatic rings. The van der Waals surface area contributed by atoms with E-state index in [1.807, 2.05) is 32.0 Å². The Balaban J connectivity index is 1.83. The van der Waals surface area contributed by atoms with Crippen LogP contribution in [0.4, 0.5) is 5.69 Å². The minimum absolute atomic E-state index is 0.0271. The van der Waals surface area contributed by atoms with Crippen LogP contribution in [0.25, 0.3) is 0 Å². The minimum Gasteiger partial charge on any atom is -0.336 e. The molecule has 138 valence electrons. The van der Waals surface area contributed by atoms with Gasteiger partial charge in [0.15, 0.2) is 0 Å². The third-order valence-electron chi connectivity index (χ3n) is 4.53. The molecule has 0 unspecified atom stereocenters. The highest BCUT2D eigenvalue weighted by Crippen LogP contribution is 2.16. The molecule has 1 N–H and O–H groups in total. The van der Waals surface area contributed by atoms with Crippen LogP contribution in [-0.2, 0) is 22.4 Å². The zero-order valence-electron chi connectivity index (χ0n) is 16.1. The Hall–Kier alpha value is -2.62. The lowest BCUT2D eigenvalue weighted by molar-refractivity contribution is -0.133. The first-order valence-electron chi connectivity index (χ1n) is 9.08. The van der Waals surface area contributed by atoms with E-state index in [2.05, 4.69) is 36.5 Å². The number of rotatable bonds is 7. The molecule has 0 radical (unpaired) electrons. The topological polar surface area (TPSA) is 49.4 Å². The Bertz CT molecular complexity index is 766. The Labute approximate surface area is 156 Å². The molecule has 0 aliphatic heterocycles. The van der Waals surface area contributed by atoms with Gasteiger partial charge < -0.3 is 10.2 Å². The summed E-state index contributed by atoms with van der Waals surface area (Å²) in [6, 6.07) is 14.3. The highest BCUT2D eigenvalue weighted by atomic mass is 16.2. The number of hydrogen-bond acceptors (Lipinski definition) is 2. The molecule has 0 aliphatic rings. The molecule has 0 saturated carbocycles. The molecule has 2 aromatic carbocycles. The van der Waals surface area contributed by atoms with E-state index < -0.39 is 0 Å². The van der Waals surface area contributed by atoms with Crippen LogP contribution in [0, 0.1) is 13.8 Å². The molecular weight excluding hydrogens is 324 g/mol. The van der Waals surface area contributed by atoms with Gasteiger partial charge in [-0.15, -0.1) is 0 Å². The first kappa shape index (κ1) is 19.7. The largest absolute Gasteiger partial charge is 0.336 e. The molecule has 0 fully saturated rings. The summed E-state index contributed by atoms with van der Waals surface area (Å²) in [5.74, 6) is -0.206. The molecule has 0 spiro atoms. The van der Waals surface area contributed by atoms with Gasteiger partial charge in [-0.1, -0.05) is 43.3 Å². The number of aryl methyl sites for hydroxylation is 4. The van der Waals surface area contributed by atoms with Crippen LogP contribution in [0.5, 0.6) is 0 Å². The normalized spacial score (nSPS) is 10.5. The van der Waals surface area contributed by atoms with Crippen LogP contribution < -0.4 is 5.32 Å². The summed E-state index contributed by atoms with van der Waals surface area (Å²) in [6.07, 6.45) is 2.10. The molecule has 2 rings (SSSR count). The fraction of sp³-hybridized carbons (Fsp3) is 0.364. The van der Waals surface area contributed by atoms with Gasteiger partial charge in [-0.05, 0) is 55.0 Å². The van der Waals surface area contributed by atoms with E-state index in [0.29, 0.717) is 12.8 Å². The molecule has 0 aromatic heterocycles. The number of nitrogens with one attached hydrogen (secondary N) is 1. The number of benzene rings is 2. The third kappa shape index (κ3) is 5.73. The quantitative estimate of drug-likeness (QED) is 0.822. The van der Waals surface area contributed by atoms with E-state index in [0.717, 1.165) is 28.8 Å². The first-order chi connectivity index (χ1) is 12.4. The Morgan fingerprint density at radius 2 is 1.65 bits per heavy atom. The summed E-state index contributed by atoms with van der Waals surface area (Å²) in [7, 11) is 1.67. The second-order valence-electron chi connectivity index (χ2n) is 6.79. The van der Waals surface area contributed by atoms with Gasteiger partial charge in [-0.25, -0.2) is 0 Å². The van der Waals surface area contributed by atoms with Crippen LogP contribution in [-0.4, -0.2) is 30.3 Å². The Morgan fingerprint density at radius 3 is 2.31 bits per heavy atom. The molecule has 0 bridgehead atoms. The number of amides is 2. The molecule has 4 heteroatoms. The molecule has 0 heterocycles. The average molecular weight is 352 g/mol. The van der Waals surface area contributed by atoms with Gasteiger partial charge in [0.2, 0.25) is 11.8 Å². The van der Waals surface area contributed by atoms with Gasteiger partial charge in [0.05, 0.1) is 6.54 Å². The summed E-state index contributed by atoms with van der Waals surface area (Å²) in [6.45, 7) is 6.11. The molecule has 2 amide bonds. The van der Waals surface area contributed by atoms with Crippen molar-refractivity contribution in [3.8, 4) is 0 Å². The van der Waals surface area contributed by atoms with Crippen LogP contribution in [0.15, 0.2) is 42.5 Å². The number of carbonyl (C=O) groups excluding carboxylic acids is 2. The number of carbonyl (C=O) groups is 2. The Morgan fingerprint density at radius 1 is 1.00 bits per heavy atom. The summed E-state index contributed by atoms with van der Waals surface area (Å²) < 4.78 is 0. The monoisotopic (exact) mass is 352 g/mol. The van der Waals surface area contributed by atoms with Gasteiger partial charge in [0, 0.05) is 19.2 Å². The van der Waals surface area contributed by atoms with Crippen molar-refractivity contribution in [2.75, 3.05) is 18.9 Å². The van der Waals surface area contributed by atoms with Crippen molar-refractivity contribution in [1.82, 2.24) is 4.90 Å². The lowest BCUT2D eigenvalue weighted by atomic mass is 10.1. The third-order valence-corrected chi connectivity index (χ3v) is 4.53. The predicted molar refractivity (Wildman–Crippen MR) is 106 cm³/mol. The molecule has 26 heavy (non-hydrogen) atoms. The lowest BCUT2D eigenvalue weighted by Gasteiger charge is -2.17. The van der Waals surface area contributed by atoms with Crippen molar-refractivity contribution < 1.29 is 9.59 Å².